The third-order valence-electron chi connectivity index (χ3n) is 7.33. The molecule has 2 aliphatic carbocycles. The normalized spacial score (nSPS) is 27.9. The average Bonchev–Trinajstić information content (AvgIpc) is 3.47. The van der Waals surface area contributed by atoms with E-state index >= 15 is 0 Å². The third kappa shape index (κ3) is 4.03. The molecule has 3 aliphatic rings. The number of nitro benzene ring substituents is 2. The lowest BCUT2D eigenvalue weighted by atomic mass is 9.81. The first-order chi connectivity index (χ1) is 17.5. The number of imide groups is 1. The minimum Gasteiger partial charge on any atom is -0.272 e. The van der Waals surface area contributed by atoms with Crippen molar-refractivity contribution in [3.63, 3.8) is 0 Å². The van der Waals surface area contributed by atoms with E-state index in [1.165, 1.54) is 30.3 Å². The van der Waals surface area contributed by atoms with Crippen LogP contribution >= 0.6 is 43.5 Å². The molecule has 2 saturated carbocycles. The van der Waals surface area contributed by atoms with Crippen LogP contribution in [-0.2, 0) is 16.1 Å². The van der Waals surface area contributed by atoms with Crippen molar-refractivity contribution in [1.82, 2.24) is 10.0 Å². The number of carbonyl (C=O) groups is 3. The number of nitrogens with zero attached hydrogens (tertiary/aromatic N) is 4. The number of hydrazine groups is 1. The molecule has 37 heavy (non-hydrogen) atoms. The monoisotopic (exact) mass is 654 g/mol. The lowest BCUT2D eigenvalue weighted by Crippen LogP contribution is -2.50. The number of rotatable bonds is 6. The van der Waals surface area contributed by atoms with Crippen LogP contribution in [0.5, 0.6) is 0 Å². The van der Waals surface area contributed by atoms with Gasteiger partial charge in [-0.15, -0.1) is 0 Å². The molecule has 1 heterocycles. The standard InChI is InChI=1S/C23H17Br2ClN4O7/c24-19-13-8-14(20(19)25)18-17(13)22(32)28(23(18)33)27(9-10-5-6-11(26)7-16(10)30(36)37)21(31)12-3-1-2-4-15(12)29(34)35/h1-7,13-14,17-20H,8-9H2/t13-,14-,17-,18-,19+,20+/m1/s1. The highest BCUT2D eigenvalue weighted by molar-refractivity contribution is 9.12. The summed E-state index contributed by atoms with van der Waals surface area (Å²) in [5, 5.41) is 24.9. The molecule has 14 heteroatoms. The van der Waals surface area contributed by atoms with Crippen LogP contribution in [0, 0.1) is 43.9 Å². The van der Waals surface area contributed by atoms with Crippen LogP contribution in [0.3, 0.4) is 0 Å². The molecule has 5 rings (SSSR count). The van der Waals surface area contributed by atoms with Crippen LogP contribution in [0.2, 0.25) is 5.02 Å². The summed E-state index contributed by atoms with van der Waals surface area (Å²) in [5.74, 6) is -3.84. The molecule has 3 fully saturated rings. The van der Waals surface area contributed by atoms with Crippen molar-refractivity contribution in [2.75, 3.05) is 0 Å². The summed E-state index contributed by atoms with van der Waals surface area (Å²) in [4.78, 5) is 63.0. The lowest BCUT2D eigenvalue weighted by molar-refractivity contribution is -0.385. The quantitative estimate of drug-likeness (QED) is 0.193. The van der Waals surface area contributed by atoms with Crippen LogP contribution in [-0.4, -0.2) is 47.2 Å². The Morgan fingerprint density at radius 2 is 1.54 bits per heavy atom. The van der Waals surface area contributed by atoms with Gasteiger partial charge in [0.25, 0.3) is 29.1 Å². The minimum atomic E-state index is -1.00. The van der Waals surface area contributed by atoms with E-state index in [0.717, 1.165) is 22.2 Å². The summed E-state index contributed by atoms with van der Waals surface area (Å²) >= 11 is 13.1. The maximum Gasteiger partial charge on any atom is 0.282 e. The topological polar surface area (TPSA) is 144 Å². The number of halogens is 3. The summed E-state index contributed by atoms with van der Waals surface area (Å²) in [6.07, 6.45) is 0.660. The fourth-order valence-electron chi connectivity index (χ4n) is 5.76. The number of para-hydroxylation sites is 1. The van der Waals surface area contributed by atoms with Gasteiger partial charge in [0, 0.05) is 26.8 Å². The number of alkyl halides is 2. The highest BCUT2D eigenvalue weighted by atomic mass is 79.9. The van der Waals surface area contributed by atoms with Crippen LogP contribution in [0.15, 0.2) is 42.5 Å². The van der Waals surface area contributed by atoms with Gasteiger partial charge in [0.15, 0.2) is 0 Å². The molecule has 1 saturated heterocycles. The van der Waals surface area contributed by atoms with Gasteiger partial charge in [0.05, 0.1) is 33.8 Å². The Morgan fingerprint density at radius 1 is 0.973 bits per heavy atom. The molecule has 6 atom stereocenters. The largest absolute Gasteiger partial charge is 0.282 e. The number of benzene rings is 2. The molecule has 3 amide bonds. The number of nitro groups is 2. The first kappa shape index (κ1) is 25.7. The van der Waals surface area contributed by atoms with E-state index in [4.69, 9.17) is 11.6 Å². The third-order valence-corrected chi connectivity index (χ3v) is 10.8. The zero-order chi connectivity index (χ0) is 26.8. The molecule has 0 N–H and O–H groups in total. The van der Waals surface area contributed by atoms with Gasteiger partial charge in [0.1, 0.15) is 5.56 Å². The Hall–Kier alpha value is -2.90. The van der Waals surface area contributed by atoms with Crippen molar-refractivity contribution in [2.45, 2.75) is 22.6 Å². The van der Waals surface area contributed by atoms with Gasteiger partial charge in [-0.1, -0.05) is 55.6 Å². The number of hydrogen-bond donors (Lipinski definition) is 0. The molecule has 0 unspecified atom stereocenters. The summed E-state index contributed by atoms with van der Waals surface area (Å²) < 4.78 is 0. The SMILES string of the molecule is O=C(c1ccccc1[N+](=O)[O-])N(Cc1ccc(Cl)cc1[N+](=O)[O-])N1C(=O)[C@@H]2[C@H]3C[C@@H]([C@H](Br)[C@H]3Br)[C@H]2C1=O. The highest BCUT2D eigenvalue weighted by Crippen LogP contribution is 2.60. The van der Waals surface area contributed by atoms with Crippen molar-refractivity contribution in [1.29, 1.82) is 0 Å². The minimum absolute atomic E-state index is 0.00120. The van der Waals surface area contributed by atoms with E-state index < -0.39 is 57.3 Å². The van der Waals surface area contributed by atoms with Gasteiger partial charge < -0.3 is 0 Å². The smallest absolute Gasteiger partial charge is 0.272 e. The van der Waals surface area contributed by atoms with Gasteiger partial charge in [0.2, 0.25) is 0 Å². The number of amides is 3. The van der Waals surface area contributed by atoms with E-state index in [1.54, 1.807) is 0 Å². The second-order valence-corrected chi connectivity index (χ2v) is 11.7. The summed E-state index contributed by atoms with van der Waals surface area (Å²) in [5.41, 5.74) is -1.31. The summed E-state index contributed by atoms with van der Waals surface area (Å²) in [7, 11) is 0. The summed E-state index contributed by atoms with van der Waals surface area (Å²) in [6.45, 7) is -0.555. The Bertz CT molecular complexity index is 1340. The molecule has 192 valence electrons. The van der Waals surface area contributed by atoms with Crippen LogP contribution < -0.4 is 0 Å². The predicted molar refractivity (Wildman–Crippen MR) is 137 cm³/mol. The molecule has 11 nitrogen and oxygen atoms in total. The molecule has 2 aromatic carbocycles. The molecular weight excluding hydrogens is 640 g/mol. The number of carbonyl (C=O) groups excluding carboxylic acids is 3. The zero-order valence-electron chi connectivity index (χ0n) is 18.7. The highest BCUT2D eigenvalue weighted by Gasteiger charge is 2.67. The van der Waals surface area contributed by atoms with E-state index in [-0.39, 0.29) is 37.6 Å². The van der Waals surface area contributed by atoms with Crippen molar-refractivity contribution in [3.8, 4) is 0 Å². The van der Waals surface area contributed by atoms with Crippen molar-refractivity contribution >= 4 is 72.6 Å². The van der Waals surface area contributed by atoms with E-state index in [9.17, 15) is 34.6 Å². The molecule has 0 spiro atoms. The first-order valence-electron chi connectivity index (χ1n) is 11.2. The number of fused-ring (bicyclic) bond motifs is 5. The van der Waals surface area contributed by atoms with Crippen LogP contribution in [0.25, 0.3) is 0 Å². The molecule has 0 radical (unpaired) electrons. The van der Waals surface area contributed by atoms with Gasteiger partial charge >= 0.3 is 0 Å². The second kappa shape index (κ2) is 9.44. The molecule has 2 bridgehead atoms. The maximum atomic E-state index is 13.8. The zero-order valence-corrected chi connectivity index (χ0v) is 22.6. The van der Waals surface area contributed by atoms with Crippen molar-refractivity contribution in [3.05, 3.63) is 78.8 Å². The fraction of sp³-hybridized carbons (Fsp3) is 0.348. The number of hydrogen-bond acceptors (Lipinski definition) is 7. The Labute approximate surface area is 231 Å². The van der Waals surface area contributed by atoms with Gasteiger partial charge in [-0.2, -0.15) is 5.01 Å². The molecule has 0 aromatic heterocycles. The second-order valence-electron chi connectivity index (χ2n) is 9.16. The van der Waals surface area contributed by atoms with Crippen molar-refractivity contribution in [2.24, 2.45) is 23.7 Å². The maximum absolute atomic E-state index is 13.8. The lowest BCUT2D eigenvalue weighted by Gasteiger charge is -2.31. The summed E-state index contributed by atoms with van der Waals surface area (Å²) in [6, 6.07) is 8.92. The molecule has 1 aliphatic heterocycles. The molecule has 2 aromatic rings. The Morgan fingerprint density at radius 3 is 2.11 bits per heavy atom. The van der Waals surface area contributed by atoms with Crippen molar-refractivity contribution < 1.29 is 24.2 Å². The van der Waals surface area contributed by atoms with Crippen LogP contribution in [0.1, 0.15) is 22.3 Å². The van der Waals surface area contributed by atoms with E-state index in [0.29, 0.717) is 6.42 Å². The predicted octanol–water partition coefficient (Wildman–Crippen LogP) is 4.49. The first-order valence-corrected chi connectivity index (χ1v) is 13.4. The molecular formula is C23H17Br2ClN4O7. The van der Waals surface area contributed by atoms with Crippen LogP contribution in [0.4, 0.5) is 11.4 Å². The van der Waals surface area contributed by atoms with Gasteiger partial charge in [-0.25, -0.2) is 5.01 Å². The fourth-order valence-corrected chi connectivity index (χ4v) is 7.80. The Balaban J connectivity index is 1.61. The van der Waals surface area contributed by atoms with E-state index in [1.807, 2.05) is 0 Å². The Kier molecular flexibility index (Phi) is 6.57. The average molecular weight is 657 g/mol. The van der Waals surface area contributed by atoms with Gasteiger partial charge in [-0.3, -0.25) is 34.6 Å². The van der Waals surface area contributed by atoms with E-state index in [2.05, 4.69) is 31.9 Å². The van der Waals surface area contributed by atoms with Gasteiger partial charge in [-0.05, 0) is 36.5 Å².